The van der Waals surface area contributed by atoms with Crippen LogP contribution in [0.2, 0.25) is 0 Å². The van der Waals surface area contributed by atoms with Crippen molar-refractivity contribution in [1.29, 1.82) is 0 Å². The molecular weight excluding hydrogens is 948 g/mol. The summed E-state index contributed by atoms with van der Waals surface area (Å²) in [6, 6.07) is -0.806. The summed E-state index contributed by atoms with van der Waals surface area (Å²) in [7, 11) is 1.31. The van der Waals surface area contributed by atoms with E-state index in [1.54, 1.807) is 0 Å². The molecule has 8 nitrogen and oxygen atoms in total. The molecule has 0 spiro atoms. The molecule has 2 N–H and O–H groups in total. The van der Waals surface area contributed by atoms with Gasteiger partial charge in [-0.15, -0.1) is 0 Å². The summed E-state index contributed by atoms with van der Waals surface area (Å²) < 4.78 is 23.5. The highest BCUT2D eigenvalue weighted by Gasteiger charge is 2.24. The van der Waals surface area contributed by atoms with Gasteiger partial charge >= 0.3 is 0 Å². The molecule has 3 atom stereocenters. The molecule has 0 aromatic heterocycles. The van der Waals surface area contributed by atoms with Crippen molar-refractivity contribution in [3.63, 3.8) is 0 Å². The van der Waals surface area contributed by atoms with Gasteiger partial charge in [0.25, 0.3) is 7.82 Å². The van der Waals surface area contributed by atoms with Crippen molar-refractivity contribution in [2.24, 2.45) is 0 Å². The summed E-state index contributed by atoms with van der Waals surface area (Å²) in [5.41, 5.74) is 0. The fourth-order valence-corrected chi connectivity index (χ4v) is 10.0. The molecule has 0 fully saturated rings. The van der Waals surface area contributed by atoms with Gasteiger partial charge in [-0.1, -0.05) is 292 Å². The summed E-state index contributed by atoms with van der Waals surface area (Å²) in [4.78, 5) is 25.6. The first kappa shape index (κ1) is 72.9. The monoisotopic (exact) mass is 1070 g/mol. The van der Waals surface area contributed by atoms with Crippen LogP contribution in [0.4, 0.5) is 0 Å². The number of rotatable bonds is 58. The molecule has 0 heterocycles. The van der Waals surface area contributed by atoms with Crippen LogP contribution in [0.1, 0.15) is 290 Å². The zero-order chi connectivity index (χ0) is 54.9. The Kier molecular flexibility index (Phi) is 55.1. The molecule has 0 bridgehead atoms. The van der Waals surface area contributed by atoms with Crippen molar-refractivity contribution in [2.45, 2.75) is 302 Å². The molecule has 0 saturated carbocycles. The average molecular weight is 1070 g/mol. The largest absolute Gasteiger partial charge is 0.756 e. The van der Waals surface area contributed by atoms with E-state index in [2.05, 4.69) is 92.1 Å². The first-order valence-electron chi connectivity index (χ1n) is 31.8. The zero-order valence-electron chi connectivity index (χ0n) is 50.0. The molecular formula is C66H123N2O6P. The molecule has 0 saturated heterocycles. The van der Waals surface area contributed by atoms with Crippen LogP contribution < -0.4 is 10.2 Å². The standard InChI is InChI=1S/C66H123N2O6P/c1-6-8-10-12-14-16-18-20-22-24-26-28-30-31-32-33-34-35-36-37-38-40-42-44-46-48-50-52-54-56-58-60-66(70)67-64(63-74-75(71,72)73-62-61-68(3,4)5)65(69)59-57-55-53-51-49-47-45-43-41-39-29-27-25-23-21-19-17-15-13-11-9-7-2/h8,10,14,16,20,22,26,28,31-32,34-35,64-65,69H,6-7,9,11-13,15,17-19,21,23-25,27,29-30,33,36-63H2,1-5H3,(H-,67,70,71,72)/b10-8-,16-14-,22-20-,28-26-,32-31-,35-34-. The Labute approximate surface area is 465 Å². The predicted octanol–water partition coefficient (Wildman–Crippen LogP) is 19.2. The number of unbranched alkanes of at least 4 members (excludes halogenated alkanes) is 33. The second-order valence-corrected chi connectivity index (χ2v) is 24.2. The van der Waals surface area contributed by atoms with E-state index in [1.807, 2.05) is 21.1 Å². The van der Waals surface area contributed by atoms with E-state index >= 15 is 0 Å². The maximum atomic E-state index is 13.0. The Balaban J connectivity index is 4.11. The van der Waals surface area contributed by atoms with Crippen molar-refractivity contribution >= 4 is 13.7 Å². The number of allylic oxidation sites excluding steroid dienone is 12. The third kappa shape index (κ3) is 59.4. The van der Waals surface area contributed by atoms with Crippen LogP contribution in [0.3, 0.4) is 0 Å². The quantitative estimate of drug-likeness (QED) is 0.0272. The number of hydrogen-bond acceptors (Lipinski definition) is 6. The number of nitrogens with one attached hydrogen (secondary N) is 1. The Morgan fingerprint density at radius 3 is 1.19 bits per heavy atom. The first-order chi connectivity index (χ1) is 36.5. The maximum Gasteiger partial charge on any atom is 0.268 e. The fourth-order valence-electron chi connectivity index (χ4n) is 9.28. The molecule has 0 aliphatic rings. The van der Waals surface area contributed by atoms with Crippen LogP contribution in [-0.4, -0.2) is 68.5 Å². The van der Waals surface area contributed by atoms with Crippen LogP contribution in [0.25, 0.3) is 0 Å². The third-order valence-corrected chi connectivity index (χ3v) is 15.2. The minimum atomic E-state index is -4.58. The number of carbonyl (C=O) groups is 1. The Bertz CT molecular complexity index is 1450. The van der Waals surface area contributed by atoms with Gasteiger partial charge in [-0.05, 0) is 64.2 Å². The second kappa shape index (κ2) is 56.7. The maximum absolute atomic E-state index is 13.0. The van der Waals surface area contributed by atoms with Crippen LogP contribution in [0.15, 0.2) is 72.9 Å². The molecule has 75 heavy (non-hydrogen) atoms. The van der Waals surface area contributed by atoms with Crippen molar-refractivity contribution in [3.8, 4) is 0 Å². The highest BCUT2D eigenvalue weighted by molar-refractivity contribution is 7.45. The van der Waals surface area contributed by atoms with E-state index in [4.69, 9.17) is 9.05 Å². The van der Waals surface area contributed by atoms with E-state index in [0.29, 0.717) is 23.9 Å². The van der Waals surface area contributed by atoms with Gasteiger partial charge in [0.1, 0.15) is 13.2 Å². The van der Waals surface area contributed by atoms with Crippen LogP contribution in [0.5, 0.6) is 0 Å². The van der Waals surface area contributed by atoms with E-state index in [0.717, 1.165) is 77.0 Å². The molecule has 9 heteroatoms. The van der Waals surface area contributed by atoms with Crippen molar-refractivity contribution in [3.05, 3.63) is 72.9 Å². The van der Waals surface area contributed by atoms with E-state index in [1.165, 1.54) is 186 Å². The van der Waals surface area contributed by atoms with E-state index < -0.39 is 20.0 Å². The normalized spacial score (nSPS) is 14.3. The van der Waals surface area contributed by atoms with Crippen LogP contribution in [-0.2, 0) is 18.4 Å². The molecule has 438 valence electrons. The van der Waals surface area contributed by atoms with Gasteiger partial charge in [0.2, 0.25) is 5.91 Å². The average Bonchev–Trinajstić information content (AvgIpc) is 3.37. The number of phosphoric acid groups is 1. The number of hydrogen-bond donors (Lipinski definition) is 2. The second-order valence-electron chi connectivity index (χ2n) is 22.7. The highest BCUT2D eigenvalue weighted by atomic mass is 31.2. The van der Waals surface area contributed by atoms with E-state index in [9.17, 15) is 19.4 Å². The zero-order valence-corrected chi connectivity index (χ0v) is 50.9. The number of carbonyl (C=O) groups excluding carboxylic acids is 1. The predicted molar refractivity (Wildman–Crippen MR) is 325 cm³/mol. The third-order valence-electron chi connectivity index (χ3n) is 14.2. The Hall–Kier alpha value is -2.06. The number of nitrogens with zero attached hydrogens (tertiary/aromatic N) is 1. The number of amides is 1. The lowest BCUT2D eigenvalue weighted by Crippen LogP contribution is -2.46. The number of quaternary nitrogens is 1. The SMILES string of the molecule is CC/C=C\C/C=C\C/C=C\C/C=C\C/C=C\C/C=C\CCCCCCCCCCCCCCC(=O)NC(COP(=O)([O-])OCC[N+](C)(C)C)C(O)CCCCCCCCCCCCCCCCCCCCCCCC. The molecule has 0 aliphatic heterocycles. The topological polar surface area (TPSA) is 108 Å². The number of phosphoric ester groups is 1. The van der Waals surface area contributed by atoms with Gasteiger partial charge in [-0.2, -0.15) is 0 Å². The minimum absolute atomic E-state index is 0.0101. The Morgan fingerprint density at radius 2 is 0.813 bits per heavy atom. The first-order valence-corrected chi connectivity index (χ1v) is 33.2. The van der Waals surface area contributed by atoms with E-state index in [-0.39, 0.29) is 19.1 Å². The lowest BCUT2D eigenvalue weighted by Gasteiger charge is -2.30. The minimum Gasteiger partial charge on any atom is -0.756 e. The van der Waals surface area contributed by atoms with Crippen molar-refractivity contribution in [2.75, 3.05) is 40.9 Å². The lowest BCUT2D eigenvalue weighted by atomic mass is 10.0. The smallest absolute Gasteiger partial charge is 0.268 e. The van der Waals surface area contributed by atoms with Crippen LogP contribution >= 0.6 is 7.82 Å². The summed E-state index contributed by atoms with van der Waals surface area (Å²) in [6.07, 6.45) is 78.0. The lowest BCUT2D eigenvalue weighted by molar-refractivity contribution is -0.870. The molecule has 0 aromatic carbocycles. The van der Waals surface area contributed by atoms with Crippen LogP contribution in [0, 0.1) is 0 Å². The molecule has 0 aromatic rings. The highest BCUT2D eigenvalue weighted by Crippen LogP contribution is 2.38. The summed E-state index contributed by atoms with van der Waals surface area (Å²) in [6.45, 7) is 4.64. The summed E-state index contributed by atoms with van der Waals surface area (Å²) >= 11 is 0. The number of likely N-dealkylation sites (N-methyl/N-ethyl adjacent to an activating group) is 1. The van der Waals surface area contributed by atoms with Crippen molar-refractivity contribution < 1.29 is 32.9 Å². The molecule has 0 rings (SSSR count). The number of aliphatic hydroxyl groups is 1. The summed E-state index contributed by atoms with van der Waals surface area (Å²) in [5, 5.41) is 14.1. The summed E-state index contributed by atoms with van der Waals surface area (Å²) in [5.74, 6) is -0.166. The Morgan fingerprint density at radius 1 is 0.480 bits per heavy atom. The van der Waals surface area contributed by atoms with Gasteiger partial charge in [0.05, 0.1) is 39.9 Å². The fraction of sp³-hybridized carbons (Fsp3) is 0.803. The van der Waals surface area contributed by atoms with Gasteiger partial charge < -0.3 is 28.8 Å². The molecule has 0 radical (unpaired) electrons. The molecule has 1 amide bonds. The van der Waals surface area contributed by atoms with Crippen molar-refractivity contribution in [1.82, 2.24) is 5.32 Å². The van der Waals surface area contributed by atoms with Gasteiger partial charge in [0.15, 0.2) is 0 Å². The van der Waals surface area contributed by atoms with Gasteiger partial charge in [-0.3, -0.25) is 9.36 Å². The van der Waals surface area contributed by atoms with Gasteiger partial charge in [-0.25, -0.2) is 0 Å². The van der Waals surface area contributed by atoms with Gasteiger partial charge in [0, 0.05) is 6.42 Å². The number of aliphatic hydroxyl groups excluding tert-OH is 1. The molecule has 0 aliphatic carbocycles. The molecule has 3 unspecified atom stereocenters.